The quantitative estimate of drug-likeness (QED) is 0.719. The van der Waals surface area contributed by atoms with Crippen LogP contribution in [0, 0.1) is 0 Å². The molecule has 1 fully saturated rings. The van der Waals surface area contributed by atoms with Crippen LogP contribution in [-0.2, 0) is 11.2 Å². The predicted octanol–water partition coefficient (Wildman–Crippen LogP) is 0.378. The highest BCUT2D eigenvalue weighted by Gasteiger charge is 2.28. The van der Waals surface area contributed by atoms with Gasteiger partial charge in [-0.3, -0.25) is 0 Å². The number of hydrogen-bond acceptors (Lipinski definition) is 3. The number of aryl methyl sites for hydroxylation is 1. The van der Waals surface area contributed by atoms with Crippen molar-refractivity contribution < 1.29 is 9.84 Å². The van der Waals surface area contributed by atoms with Gasteiger partial charge in [-0.05, 0) is 0 Å². The average Bonchev–Trinajstić information content (AvgIpc) is 2.71. The first-order valence-corrected chi connectivity index (χ1v) is 4.60. The zero-order valence-corrected chi connectivity index (χ0v) is 7.68. The average molecular weight is 182 g/mol. The fourth-order valence-corrected chi connectivity index (χ4v) is 1.72. The molecule has 4 nitrogen and oxygen atoms in total. The minimum atomic E-state index is -0.389. The van der Waals surface area contributed by atoms with Crippen LogP contribution in [0.25, 0.3) is 0 Å². The Labute approximate surface area is 77.2 Å². The maximum atomic E-state index is 9.61. The molecule has 0 amide bonds. The van der Waals surface area contributed by atoms with Crippen LogP contribution < -0.4 is 0 Å². The molecule has 1 N–H and O–H groups in total. The molecule has 1 aromatic heterocycles. The van der Waals surface area contributed by atoms with E-state index < -0.39 is 0 Å². The lowest BCUT2D eigenvalue weighted by Gasteiger charge is -2.16. The first-order chi connectivity index (χ1) is 6.33. The van der Waals surface area contributed by atoms with Crippen molar-refractivity contribution in [2.45, 2.75) is 25.5 Å². The van der Waals surface area contributed by atoms with Crippen molar-refractivity contribution in [2.75, 3.05) is 13.2 Å². The standard InChI is InChI=1S/C9H14N2O2/c1-2-9-10-3-4-11(9)7-5-13-6-8(7)12/h3-4,7-8,12H,2,5-6H2,1H3/t7?,8-/m1/s1. The molecule has 2 rings (SSSR count). The van der Waals surface area contributed by atoms with E-state index in [4.69, 9.17) is 4.74 Å². The molecule has 2 atom stereocenters. The van der Waals surface area contributed by atoms with Crippen molar-refractivity contribution in [3.63, 3.8) is 0 Å². The van der Waals surface area contributed by atoms with Crippen molar-refractivity contribution in [1.29, 1.82) is 0 Å². The van der Waals surface area contributed by atoms with Gasteiger partial charge in [0.25, 0.3) is 0 Å². The summed E-state index contributed by atoms with van der Waals surface area (Å²) in [6.45, 7) is 3.08. The van der Waals surface area contributed by atoms with Crippen LogP contribution in [0.1, 0.15) is 18.8 Å². The summed E-state index contributed by atoms with van der Waals surface area (Å²) in [5, 5.41) is 9.61. The summed E-state index contributed by atoms with van der Waals surface area (Å²) in [4.78, 5) is 4.21. The maximum absolute atomic E-state index is 9.61. The third kappa shape index (κ3) is 1.47. The molecule has 0 bridgehead atoms. The first-order valence-electron chi connectivity index (χ1n) is 4.60. The number of rotatable bonds is 2. The van der Waals surface area contributed by atoms with Gasteiger partial charge in [0.15, 0.2) is 0 Å². The number of aliphatic hydroxyl groups excluding tert-OH is 1. The fourth-order valence-electron chi connectivity index (χ4n) is 1.72. The number of nitrogens with zero attached hydrogens (tertiary/aromatic N) is 2. The van der Waals surface area contributed by atoms with Gasteiger partial charge in [-0.1, -0.05) is 6.92 Å². The Morgan fingerprint density at radius 3 is 3.15 bits per heavy atom. The molecule has 13 heavy (non-hydrogen) atoms. The Bertz CT molecular complexity index is 285. The second-order valence-electron chi connectivity index (χ2n) is 3.28. The van der Waals surface area contributed by atoms with Crippen LogP contribution in [0.5, 0.6) is 0 Å². The van der Waals surface area contributed by atoms with E-state index in [0.717, 1.165) is 12.2 Å². The van der Waals surface area contributed by atoms with Gasteiger partial charge < -0.3 is 14.4 Å². The molecule has 1 saturated heterocycles. The first kappa shape index (κ1) is 8.72. The van der Waals surface area contributed by atoms with Gasteiger partial charge in [0.2, 0.25) is 0 Å². The van der Waals surface area contributed by atoms with E-state index in [1.165, 1.54) is 0 Å². The van der Waals surface area contributed by atoms with E-state index in [2.05, 4.69) is 11.9 Å². The molecular formula is C9H14N2O2. The molecule has 0 spiro atoms. The van der Waals surface area contributed by atoms with Crippen molar-refractivity contribution in [3.05, 3.63) is 18.2 Å². The summed E-state index contributed by atoms with van der Waals surface area (Å²) < 4.78 is 7.21. The van der Waals surface area contributed by atoms with Gasteiger partial charge in [0, 0.05) is 18.8 Å². The Morgan fingerprint density at radius 1 is 1.69 bits per heavy atom. The second-order valence-corrected chi connectivity index (χ2v) is 3.28. The Morgan fingerprint density at radius 2 is 2.54 bits per heavy atom. The van der Waals surface area contributed by atoms with Crippen molar-refractivity contribution >= 4 is 0 Å². The predicted molar refractivity (Wildman–Crippen MR) is 47.5 cm³/mol. The monoisotopic (exact) mass is 182 g/mol. The summed E-state index contributed by atoms with van der Waals surface area (Å²) in [7, 11) is 0. The van der Waals surface area contributed by atoms with E-state index in [9.17, 15) is 5.11 Å². The third-order valence-corrected chi connectivity index (χ3v) is 2.44. The molecule has 0 radical (unpaired) electrons. The number of aliphatic hydroxyl groups is 1. The van der Waals surface area contributed by atoms with Crippen LogP contribution in [0.15, 0.2) is 12.4 Å². The smallest absolute Gasteiger partial charge is 0.108 e. The summed E-state index contributed by atoms with van der Waals surface area (Å²) in [6, 6.07) is 0.0532. The van der Waals surface area contributed by atoms with Gasteiger partial charge in [0.1, 0.15) is 11.9 Å². The fraction of sp³-hybridized carbons (Fsp3) is 0.667. The lowest BCUT2D eigenvalue weighted by Crippen LogP contribution is -2.23. The minimum absolute atomic E-state index is 0.0532. The van der Waals surface area contributed by atoms with Crippen LogP contribution in [0.3, 0.4) is 0 Å². The second kappa shape index (κ2) is 3.47. The molecular weight excluding hydrogens is 168 g/mol. The number of ether oxygens (including phenoxy) is 1. The zero-order chi connectivity index (χ0) is 9.26. The highest BCUT2D eigenvalue weighted by atomic mass is 16.5. The number of hydrogen-bond donors (Lipinski definition) is 1. The van der Waals surface area contributed by atoms with Gasteiger partial charge >= 0.3 is 0 Å². The van der Waals surface area contributed by atoms with E-state index >= 15 is 0 Å². The van der Waals surface area contributed by atoms with Gasteiger partial charge in [0.05, 0.1) is 19.3 Å². The van der Waals surface area contributed by atoms with Crippen LogP contribution in [0.2, 0.25) is 0 Å². The van der Waals surface area contributed by atoms with E-state index in [-0.39, 0.29) is 12.1 Å². The normalized spacial score (nSPS) is 28.2. The van der Waals surface area contributed by atoms with Crippen molar-refractivity contribution in [2.24, 2.45) is 0 Å². The van der Waals surface area contributed by atoms with Crippen LogP contribution >= 0.6 is 0 Å². The molecule has 4 heteroatoms. The van der Waals surface area contributed by atoms with E-state index in [0.29, 0.717) is 13.2 Å². The Balaban J connectivity index is 2.23. The summed E-state index contributed by atoms with van der Waals surface area (Å²) >= 11 is 0. The molecule has 0 saturated carbocycles. The van der Waals surface area contributed by atoms with Gasteiger partial charge in [-0.15, -0.1) is 0 Å². The number of aromatic nitrogens is 2. The summed E-state index contributed by atoms with van der Waals surface area (Å²) in [5.41, 5.74) is 0. The lowest BCUT2D eigenvalue weighted by molar-refractivity contribution is 0.119. The maximum Gasteiger partial charge on any atom is 0.108 e. The lowest BCUT2D eigenvalue weighted by atomic mass is 10.2. The highest BCUT2D eigenvalue weighted by molar-refractivity contribution is 4.97. The SMILES string of the molecule is CCc1nccn1C1COC[C@H]1O. The molecule has 72 valence electrons. The van der Waals surface area contributed by atoms with E-state index in [1.807, 2.05) is 10.8 Å². The van der Waals surface area contributed by atoms with Crippen molar-refractivity contribution in [1.82, 2.24) is 9.55 Å². The Hall–Kier alpha value is -0.870. The zero-order valence-electron chi connectivity index (χ0n) is 7.68. The third-order valence-electron chi connectivity index (χ3n) is 2.44. The van der Waals surface area contributed by atoms with Gasteiger partial charge in [-0.2, -0.15) is 0 Å². The summed E-state index contributed by atoms with van der Waals surface area (Å²) in [5.74, 6) is 1.01. The number of imidazole rings is 1. The molecule has 1 aliphatic heterocycles. The highest BCUT2D eigenvalue weighted by Crippen LogP contribution is 2.20. The topological polar surface area (TPSA) is 47.3 Å². The Kier molecular flexibility index (Phi) is 2.33. The molecule has 1 unspecified atom stereocenters. The summed E-state index contributed by atoms with van der Waals surface area (Å²) in [6.07, 6.45) is 4.17. The van der Waals surface area contributed by atoms with E-state index in [1.54, 1.807) is 6.20 Å². The molecule has 1 aromatic rings. The largest absolute Gasteiger partial charge is 0.388 e. The minimum Gasteiger partial charge on any atom is -0.388 e. The van der Waals surface area contributed by atoms with Crippen LogP contribution in [-0.4, -0.2) is 34.0 Å². The molecule has 1 aliphatic rings. The van der Waals surface area contributed by atoms with Crippen LogP contribution in [0.4, 0.5) is 0 Å². The molecule has 0 aromatic carbocycles. The van der Waals surface area contributed by atoms with Gasteiger partial charge in [-0.25, -0.2) is 4.98 Å². The molecule has 0 aliphatic carbocycles. The van der Waals surface area contributed by atoms with Crippen molar-refractivity contribution in [3.8, 4) is 0 Å². The molecule has 2 heterocycles.